The molecule has 2 nitrogen and oxygen atoms in total. The molecular weight excluding hydrogens is 256 g/mol. The van der Waals surface area contributed by atoms with Gasteiger partial charge in [-0.15, -0.1) is 0 Å². The lowest BCUT2D eigenvalue weighted by molar-refractivity contribution is 0.235. The third-order valence-electron chi connectivity index (χ3n) is 4.30. The number of hydrogen-bond acceptors (Lipinski definition) is 2. The molecule has 0 amide bonds. The molecule has 0 saturated carbocycles. The van der Waals surface area contributed by atoms with Gasteiger partial charge in [0.1, 0.15) is 0 Å². The van der Waals surface area contributed by atoms with Crippen molar-refractivity contribution in [2.45, 2.75) is 44.7 Å². The summed E-state index contributed by atoms with van der Waals surface area (Å²) in [6.45, 7) is 4.76. The Morgan fingerprint density at radius 3 is 2.74 bits per heavy atom. The van der Waals surface area contributed by atoms with Gasteiger partial charge < -0.3 is 10.2 Å². The summed E-state index contributed by atoms with van der Waals surface area (Å²) in [6.07, 6.45) is 5.19. The molecule has 1 heterocycles. The molecular formula is C16H25ClN2. The van der Waals surface area contributed by atoms with Crippen LogP contribution in [-0.2, 0) is 0 Å². The summed E-state index contributed by atoms with van der Waals surface area (Å²) in [5, 5.41) is 4.23. The average molecular weight is 281 g/mol. The predicted molar refractivity (Wildman–Crippen MR) is 82.8 cm³/mol. The Morgan fingerprint density at radius 2 is 2.11 bits per heavy atom. The second kappa shape index (κ2) is 7.28. The SMILES string of the molecule is CCC1CCCN1CCC(NC)c1ccc(Cl)cc1. The number of halogens is 1. The second-order valence-electron chi connectivity index (χ2n) is 5.42. The van der Waals surface area contributed by atoms with Crippen molar-refractivity contribution in [1.29, 1.82) is 0 Å². The van der Waals surface area contributed by atoms with Crippen molar-refractivity contribution in [3.8, 4) is 0 Å². The molecule has 2 unspecified atom stereocenters. The summed E-state index contributed by atoms with van der Waals surface area (Å²) in [4.78, 5) is 2.65. The van der Waals surface area contributed by atoms with E-state index >= 15 is 0 Å². The molecule has 1 aromatic rings. The molecule has 1 aliphatic rings. The van der Waals surface area contributed by atoms with Crippen LogP contribution in [0.4, 0.5) is 0 Å². The first kappa shape index (κ1) is 14.8. The van der Waals surface area contributed by atoms with Crippen LogP contribution >= 0.6 is 11.6 Å². The van der Waals surface area contributed by atoms with Gasteiger partial charge in [0.05, 0.1) is 0 Å². The first-order chi connectivity index (χ1) is 9.24. The summed E-state index contributed by atoms with van der Waals surface area (Å²) >= 11 is 5.95. The molecule has 0 bridgehead atoms. The fourth-order valence-corrected chi connectivity index (χ4v) is 3.25. The smallest absolute Gasteiger partial charge is 0.0406 e. The molecule has 1 aromatic carbocycles. The molecule has 106 valence electrons. The zero-order valence-corrected chi connectivity index (χ0v) is 12.8. The quantitative estimate of drug-likeness (QED) is 0.851. The van der Waals surface area contributed by atoms with Crippen LogP contribution < -0.4 is 5.32 Å². The molecule has 1 N–H and O–H groups in total. The van der Waals surface area contributed by atoms with E-state index in [-0.39, 0.29) is 0 Å². The summed E-state index contributed by atoms with van der Waals surface area (Å²) < 4.78 is 0. The van der Waals surface area contributed by atoms with E-state index in [2.05, 4.69) is 29.3 Å². The summed E-state index contributed by atoms with van der Waals surface area (Å²) in [5.74, 6) is 0. The topological polar surface area (TPSA) is 15.3 Å². The van der Waals surface area contributed by atoms with Crippen molar-refractivity contribution in [1.82, 2.24) is 10.2 Å². The minimum atomic E-state index is 0.426. The number of nitrogens with zero attached hydrogens (tertiary/aromatic N) is 1. The maximum atomic E-state index is 5.95. The third kappa shape index (κ3) is 3.95. The van der Waals surface area contributed by atoms with E-state index in [9.17, 15) is 0 Å². The van der Waals surface area contributed by atoms with Crippen molar-refractivity contribution >= 4 is 11.6 Å². The fourth-order valence-electron chi connectivity index (χ4n) is 3.12. The highest BCUT2D eigenvalue weighted by atomic mass is 35.5. The first-order valence-electron chi connectivity index (χ1n) is 7.41. The molecule has 19 heavy (non-hydrogen) atoms. The van der Waals surface area contributed by atoms with Crippen LogP contribution in [0.3, 0.4) is 0 Å². The zero-order valence-electron chi connectivity index (χ0n) is 12.0. The second-order valence-corrected chi connectivity index (χ2v) is 5.86. The lowest BCUT2D eigenvalue weighted by Gasteiger charge is -2.26. The Bertz CT molecular complexity index is 377. The lowest BCUT2D eigenvalue weighted by Crippen LogP contribution is -2.32. The maximum Gasteiger partial charge on any atom is 0.0406 e. The molecule has 3 heteroatoms. The van der Waals surface area contributed by atoms with Gasteiger partial charge in [0.25, 0.3) is 0 Å². The van der Waals surface area contributed by atoms with Gasteiger partial charge in [-0.2, -0.15) is 0 Å². The Morgan fingerprint density at radius 1 is 1.37 bits per heavy atom. The highest BCUT2D eigenvalue weighted by Gasteiger charge is 2.23. The molecule has 1 aliphatic heterocycles. The number of likely N-dealkylation sites (tertiary alicyclic amines) is 1. The number of rotatable bonds is 6. The van der Waals surface area contributed by atoms with Crippen LogP contribution in [0.25, 0.3) is 0 Å². The zero-order chi connectivity index (χ0) is 13.7. The Kier molecular flexibility index (Phi) is 5.68. The number of hydrogen-bond donors (Lipinski definition) is 1. The van der Waals surface area contributed by atoms with Crippen molar-refractivity contribution in [3.63, 3.8) is 0 Å². The average Bonchev–Trinajstić information content (AvgIpc) is 2.89. The molecule has 1 fully saturated rings. The van der Waals surface area contributed by atoms with E-state index in [0.717, 1.165) is 17.5 Å². The summed E-state index contributed by atoms with van der Waals surface area (Å²) in [7, 11) is 2.04. The minimum absolute atomic E-state index is 0.426. The Labute approximate surface area is 122 Å². The first-order valence-corrected chi connectivity index (χ1v) is 7.79. The van der Waals surface area contributed by atoms with Gasteiger partial charge in [-0.1, -0.05) is 30.7 Å². The molecule has 2 atom stereocenters. The predicted octanol–water partition coefficient (Wildman–Crippen LogP) is 3.87. The van der Waals surface area contributed by atoms with E-state index in [1.54, 1.807) is 0 Å². The summed E-state index contributed by atoms with van der Waals surface area (Å²) in [6, 6.07) is 9.45. The fraction of sp³-hybridized carbons (Fsp3) is 0.625. The van der Waals surface area contributed by atoms with Gasteiger partial charge >= 0.3 is 0 Å². The van der Waals surface area contributed by atoms with Crippen molar-refractivity contribution in [3.05, 3.63) is 34.9 Å². The number of benzene rings is 1. The van der Waals surface area contributed by atoms with E-state index in [0.29, 0.717) is 6.04 Å². The lowest BCUT2D eigenvalue weighted by atomic mass is 10.0. The van der Waals surface area contributed by atoms with Gasteiger partial charge in [0.15, 0.2) is 0 Å². The monoisotopic (exact) mass is 280 g/mol. The standard InChI is InChI=1S/C16H25ClN2/c1-3-15-5-4-11-19(15)12-10-16(18-2)13-6-8-14(17)9-7-13/h6-9,15-16,18H,3-5,10-12H2,1-2H3. The van der Waals surface area contributed by atoms with Crippen LogP contribution in [0, 0.1) is 0 Å². The van der Waals surface area contributed by atoms with Gasteiger partial charge in [-0.05, 0) is 57.0 Å². The van der Waals surface area contributed by atoms with Crippen molar-refractivity contribution < 1.29 is 0 Å². The van der Waals surface area contributed by atoms with Crippen LogP contribution in [0.5, 0.6) is 0 Å². The normalized spacial score (nSPS) is 21.7. The van der Waals surface area contributed by atoms with Crippen LogP contribution in [0.1, 0.15) is 44.2 Å². The molecule has 1 saturated heterocycles. The van der Waals surface area contributed by atoms with Crippen LogP contribution in [0.15, 0.2) is 24.3 Å². The highest BCUT2D eigenvalue weighted by Crippen LogP contribution is 2.23. The van der Waals surface area contributed by atoms with E-state index in [1.807, 2.05) is 19.2 Å². The minimum Gasteiger partial charge on any atom is -0.313 e. The van der Waals surface area contributed by atoms with E-state index in [4.69, 9.17) is 11.6 Å². The molecule has 0 radical (unpaired) electrons. The van der Waals surface area contributed by atoms with Crippen LogP contribution in [-0.4, -0.2) is 31.1 Å². The summed E-state index contributed by atoms with van der Waals surface area (Å²) in [5.41, 5.74) is 1.33. The van der Waals surface area contributed by atoms with Gasteiger partial charge in [-0.3, -0.25) is 0 Å². The van der Waals surface area contributed by atoms with Crippen molar-refractivity contribution in [2.75, 3.05) is 20.1 Å². The van der Waals surface area contributed by atoms with Gasteiger partial charge in [-0.25, -0.2) is 0 Å². The third-order valence-corrected chi connectivity index (χ3v) is 4.55. The maximum absolute atomic E-state index is 5.95. The van der Waals surface area contributed by atoms with Crippen molar-refractivity contribution in [2.24, 2.45) is 0 Å². The molecule has 0 spiro atoms. The molecule has 0 aliphatic carbocycles. The van der Waals surface area contributed by atoms with E-state index < -0.39 is 0 Å². The van der Waals surface area contributed by atoms with Crippen LogP contribution in [0.2, 0.25) is 5.02 Å². The Balaban J connectivity index is 1.90. The highest BCUT2D eigenvalue weighted by molar-refractivity contribution is 6.30. The van der Waals surface area contributed by atoms with Gasteiger partial charge in [0.2, 0.25) is 0 Å². The largest absolute Gasteiger partial charge is 0.313 e. The molecule has 0 aromatic heterocycles. The number of nitrogens with one attached hydrogen (secondary N) is 1. The van der Waals surface area contributed by atoms with E-state index in [1.165, 1.54) is 37.9 Å². The van der Waals surface area contributed by atoms with Gasteiger partial charge in [0, 0.05) is 23.7 Å². The molecule has 2 rings (SSSR count). The Hall–Kier alpha value is -0.570.